The molecule has 1 N–H and O–H groups in total. The minimum absolute atomic E-state index is 0.127. The van der Waals surface area contributed by atoms with E-state index in [2.05, 4.69) is 9.97 Å². The highest BCUT2D eigenvalue weighted by molar-refractivity contribution is 6.28. The van der Waals surface area contributed by atoms with Gasteiger partial charge in [-0.2, -0.15) is 4.98 Å². The molecule has 2 heterocycles. The number of fused-ring (bicyclic) bond motifs is 1. The number of halogens is 1. The molecule has 2 aromatic heterocycles. The Morgan fingerprint density at radius 2 is 1.92 bits per heavy atom. The van der Waals surface area contributed by atoms with Crippen LogP contribution in [-0.2, 0) is 5.41 Å². The molecule has 0 unspecified atom stereocenters. The van der Waals surface area contributed by atoms with Gasteiger partial charge >= 0.3 is 0 Å². The van der Waals surface area contributed by atoms with E-state index in [9.17, 15) is 4.79 Å². The summed E-state index contributed by atoms with van der Waals surface area (Å²) in [5.74, 6) is -0.136. The van der Waals surface area contributed by atoms with Gasteiger partial charge in [-0.05, 0) is 35.4 Å². The van der Waals surface area contributed by atoms with E-state index in [0.717, 1.165) is 16.6 Å². The maximum absolute atomic E-state index is 12.7. The smallest absolute Gasteiger partial charge is 0.270 e. The quantitative estimate of drug-likeness (QED) is 0.562. The van der Waals surface area contributed by atoms with Crippen LogP contribution < -0.4 is 0 Å². The fourth-order valence-corrected chi connectivity index (χ4v) is 2.87. The number of carbonyl (C=O) groups excluding carboxylic acids is 1. The minimum atomic E-state index is -0.356. The van der Waals surface area contributed by atoms with Crippen LogP contribution in [0.1, 0.15) is 29.9 Å². The zero-order valence-electron chi connectivity index (χ0n) is 15.1. The summed E-state index contributed by atoms with van der Waals surface area (Å²) >= 11 is 5.98. The number of amides is 1. The second-order valence-corrected chi connectivity index (χ2v) is 7.23. The molecule has 6 nitrogen and oxygen atoms in total. The van der Waals surface area contributed by atoms with Gasteiger partial charge in [0, 0.05) is 43.0 Å². The van der Waals surface area contributed by atoms with Crippen molar-refractivity contribution in [1.82, 2.24) is 19.4 Å². The van der Waals surface area contributed by atoms with Gasteiger partial charge < -0.3 is 10.3 Å². The molecule has 0 atom stereocenters. The topological polar surface area (TPSA) is 74.9 Å². The molecule has 7 heteroatoms. The molecule has 0 aliphatic heterocycles. The lowest BCUT2D eigenvalue weighted by Gasteiger charge is -2.20. The van der Waals surface area contributed by atoms with Gasteiger partial charge in [-0.15, -0.1) is 0 Å². The molecule has 0 bridgehead atoms. The molecule has 0 saturated carbocycles. The maximum Gasteiger partial charge on any atom is 0.270 e. The molecular formula is C19H20ClN5O. The number of carbonyl (C=O) groups is 1. The third kappa shape index (κ3) is 3.08. The Kier molecular flexibility index (Phi) is 4.54. The molecule has 0 spiro atoms. The Hall–Kier alpha value is -2.73. The number of hydrogen-bond acceptors (Lipinski definition) is 4. The summed E-state index contributed by atoms with van der Waals surface area (Å²) in [5.41, 5.74) is 2.52. The van der Waals surface area contributed by atoms with Crippen molar-refractivity contribution in [2.45, 2.75) is 19.3 Å². The lowest BCUT2D eigenvalue weighted by Crippen LogP contribution is -2.24. The fourth-order valence-electron chi connectivity index (χ4n) is 2.74. The molecule has 134 valence electrons. The highest BCUT2D eigenvalue weighted by Gasteiger charge is 2.21. The number of nitrogens with zero attached hydrogens (tertiary/aromatic N) is 4. The predicted octanol–water partition coefficient (Wildman–Crippen LogP) is 3.70. The van der Waals surface area contributed by atoms with Crippen LogP contribution in [0.4, 0.5) is 0 Å². The summed E-state index contributed by atoms with van der Waals surface area (Å²) in [6.45, 7) is 3.96. The standard InChI is InChI=1S/C19H20ClN5O/c1-19(2,11-21)13-5-7-14(8-6-13)25-15(17(26)24(3)4)9-12-10-22-18(20)23-16(12)25/h5-11,21H,1-4H3. The number of rotatable bonds is 4. The lowest BCUT2D eigenvalue weighted by atomic mass is 9.86. The van der Waals surface area contributed by atoms with E-state index in [1.165, 1.54) is 11.1 Å². The van der Waals surface area contributed by atoms with Crippen molar-refractivity contribution >= 4 is 34.8 Å². The monoisotopic (exact) mass is 369 g/mol. The molecule has 0 radical (unpaired) electrons. The number of aromatic nitrogens is 3. The van der Waals surface area contributed by atoms with Gasteiger partial charge in [-0.1, -0.05) is 26.0 Å². The molecule has 0 aliphatic carbocycles. The number of nitrogens with one attached hydrogen (secondary N) is 1. The number of hydrogen-bond donors (Lipinski definition) is 1. The van der Waals surface area contributed by atoms with Gasteiger partial charge in [0.05, 0.1) is 0 Å². The third-order valence-corrected chi connectivity index (χ3v) is 4.55. The van der Waals surface area contributed by atoms with Crippen LogP contribution in [0.15, 0.2) is 36.5 Å². The van der Waals surface area contributed by atoms with Crippen molar-refractivity contribution in [2.75, 3.05) is 14.1 Å². The summed E-state index contributed by atoms with van der Waals surface area (Å²) in [5, 5.41) is 8.46. The third-order valence-electron chi connectivity index (χ3n) is 4.37. The molecule has 0 saturated heterocycles. The molecule has 1 aromatic carbocycles. The summed E-state index contributed by atoms with van der Waals surface area (Å²) in [6, 6.07) is 9.52. The Morgan fingerprint density at radius 1 is 1.27 bits per heavy atom. The summed E-state index contributed by atoms with van der Waals surface area (Å²) in [4.78, 5) is 22.5. The molecule has 1 amide bonds. The van der Waals surface area contributed by atoms with Crippen LogP contribution in [0.2, 0.25) is 5.28 Å². The van der Waals surface area contributed by atoms with Crippen molar-refractivity contribution in [1.29, 1.82) is 5.41 Å². The van der Waals surface area contributed by atoms with Gasteiger partial charge in [0.15, 0.2) is 0 Å². The second kappa shape index (κ2) is 6.53. The van der Waals surface area contributed by atoms with E-state index < -0.39 is 0 Å². The molecule has 3 rings (SSSR count). The summed E-state index contributed by atoms with van der Waals surface area (Å²) < 4.78 is 1.78. The van der Waals surface area contributed by atoms with E-state index in [1.54, 1.807) is 30.9 Å². The first-order valence-corrected chi connectivity index (χ1v) is 8.50. The first-order valence-electron chi connectivity index (χ1n) is 8.13. The van der Waals surface area contributed by atoms with Crippen LogP contribution in [0, 0.1) is 5.41 Å². The van der Waals surface area contributed by atoms with Gasteiger partial charge in [0.2, 0.25) is 5.28 Å². The minimum Gasteiger partial charge on any atom is -0.343 e. The van der Waals surface area contributed by atoms with E-state index >= 15 is 0 Å². The molecule has 0 aliphatic rings. The van der Waals surface area contributed by atoms with Crippen molar-refractivity contribution in [3.05, 3.63) is 53.1 Å². The van der Waals surface area contributed by atoms with Crippen LogP contribution in [0.3, 0.4) is 0 Å². The van der Waals surface area contributed by atoms with Crippen molar-refractivity contribution < 1.29 is 4.79 Å². The number of benzene rings is 1. The first kappa shape index (κ1) is 18.1. The Bertz CT molecular complexity index is 989. The highest BCUT2D eigenvalue weighted by atomic mass is 35.5. The van der Waals surface area contributed by atoms with Gasteiger partial charge in [-0.3, -0.25) is 9.36 Å². The van der Waals surface area contributed by atoms with Crippen LogP contribution in [0.25, 0.3) is 16.7 Å². The van der Waals surface area contributed by atoms with Gasteiger partial charge in [0.25, 0.3) is 5.91 Å². The SMILES string of the molecule is CN(C)C(=O)c1cc2cnc(Cl)nc2n1-c1ccc(C(C)(C)C=N)cc1. The van der Waals surface area contributed by atoms with Crippen LogP contribution in [-0.4, -0.2) is 45.7 Å². The predicted molar refractivity (Wildman–Crippen MR) is 104 cm³/mol. The van der Waals surface area contributed by atoms with Crippen molar-refractivity contribution in [3.63, 3.8) is 0 Å². The molecule has 26 heavy (non-hydrogen) atoms. The van der Waals surface area contributed by atoms with E-state index in [1.807, 2.05) is 38.1 Å². The maximum atomic E-state index is 12.7. The average Bonchev–Trinajstić information content (AvgIpc) is 2.99. The average molecular weight is 370 g/mol. The summed E-state index contributed by atoms with van der Waals surface area (Å²) in [7, 11) is 3.41. The zero-order valence-corrected chi connectivity index (χ0v) is 15.9. The van der Waals surface area contributed by atoms with Crippen molar-refractivity contribution in [2.24, 2.45) is 0 Å². The molecule has 0 fully saturated rings. The van der Waals surface area contributed by atoms with Gasteiger partial charge in [-0.25, -0.2) is 4.98 Å². The highest BCUT2D eigenvalue weighted by Crippen LogP contribution is 2.27. The van der Waals surface area contributed by atoms with E-state index in [-0.39, 0.29) is 16.6 Å². The van der Waals surface area contributed by atoms with Gasteiger partial charge in [0.1, 0.15) is 11.3 Å². The lowest BCUT2D eigenvalue weighted by molar-refractivity contribution is 0.0820. The molecular weight excluding hydrogens is 350 g/mol. The Morgan fingerprint density at radius 3 is 2.50 bits per heavy atom. The van der Waals surface area contributed by atoms with Crippen LogP contribution >= 0.6 is 11.6 Å². The first-order chi connectivity index (χ1) is 12.2. The summed E-state index contributed by atoms with van der Waals surface area (Å²) in [6.07, 6.45) is 3.03. The normalized spacial score (nSPS) is 11.6. The second-order valence-electron chi connectivity index (χ2n) is 6.90. The largest absolute Gasteiger partial charge is 0.343 e. The Balaban J connectivity index is 2.22. The van der Waals surface area contributed by atoms with Crippen molar-refractivity contribution in [3.8, 4) is 5.69 Å². The zero-order chi connectivity index (χ0) is 19.1. The molecule has 3 aromatic rings. The van der Waals surface area contributed by atoms with E-state index in [0.29, 0.717) is 11.3 Å². The Labute approximate surface area is 156 Å². The van der Waals surface area contributed by atoms with E-state index in [4.69, 9.17) is 17.0 Å². The van der Waals surface area contributed by atoms with Crippen LogP contribution in [0.5, 0.6) is 0 Å². The fraction of sp³-hybridized carbons (Fsp3) is 0.263.